The molecule has 2 aromatic carbocycles. The first-order valence-electron chi connectivity index (χ1n) is 7.56. The Morgan fingerprint density at radius 2 is 2.04 bits per heavy atom. The van der Waals surface area contributed by atoms with Crippen LogP contribution in [-0.4, -0.2) is 28.6 Å². The summed E-state index contributed by atoms with van der Waals surface area (Å²) in [5.41, 5.74) is 2.07. The smallest absolute Gasteiger partial charge is 0.320 e. The van der Waals surface area contributed by atoms with Crippen molar-refractivity contribution in [1.82, 2.24) is 4.90 Å². The van der Waals surface area contributed by atoms with Gasteiger partial charge in [0.1, 0.15) is 6.04 Å². The van der Waals surface area contributed by atoms with Crippen LogP contribution in [0.15, 0.2) is 53.0 Å². The largest absolute Gasteiger partial charge is 0.480 e. The lowest BCUT2D eigenvalue weighted by atomic mass is 9.96. The van der Waals surface area contributed by atoms with Crippen molar-refractivity contribution in [2.75, 3.05) is 6.54 Å². The highest BCUT2D eigenvalue weighted by Gasteiger charge is 2.37. The number of benzene rings is 2. The van der Waals surface area contributed by atoms with Crippen LogP contribution in [0.25, 0.3) is 0 Å². The first-order valence-corrected chi connectivity index (χ1v) is 8.73. The summed E-state index contributed by atoms with van der Waals surface area (Å²) < 4.78 is 0.973. The van der Waals surface area contributed by atoms with Crippen LogP contribution in [0.5, 0.6) is 0 Å². The molecule has 1 aliphatic heterocycles. The molecule has 3 rings (SSSR count). The summed E-state index contributed by atoms with van der Waals surface area (Å²) in [6.45, 7) is 0.759. The Balaban J connectivity index is 2.11. The quantitative estimate of drug-likeness (QED) is 0.814. The molecule has 5 heteroatoms. The molecule has 2 unspecified atom stereocenters. The number of hydrogen-bond acceptors (Lipinski definition) is 2. The van der Waals surface area contributed by atoms with Crippen LogP contribution >= 0.6 is 27.5 Å². The van der Waals surface area contributed by atoms with Crippen LogP contribution < -0.4 is 0 Å². The third-order valence-electron chi connectivity index (χ3n) is 4.28. The Bertz CT molecular complexity index is 722. The average molecular weight is 395 g/mol. The third kappa shape index (κ3) is 3.44. The summed E-state index contributed by atoms with van der Waals surface area (Å²) in [6, 6.07) is 15.0. The number of rotatable bonds is 4. The molecule has 2 atom stereocenters. The molecule has 120 valence electrons. The second-order valence-electron chi connectivity index (χ2n) is 5.71. The maximum Gasteiger partial charge on any atom is 0.320 e. The predicted octanol–water partition coefficient (Wildman–Crippen LogP) is 4.74. The van der Waals surface area contributed by atoms with Gasteiger partial charge in [0.2, 0.25) is 0 Å². The van der Waals surface area contributed by atoms with Crippen molar-refractivity contribution in [2.45, 2.75) is 24.9 Å². The molecule has 0 spiro atoms. The van der Waals surface area contributed by atoms with E-state index in [0.29, 0.717) is 11.4 Å². The molecule has 0 amide bonds. The molecule has 0 saturated carbocycles. The molecule has 0 aliphatic carbocycles. The fraction of sp³-hybridized carbons (Fsp3) is 0.278. The van der Waals surface area contributed by atoms with E-state index in [9.17, 15) is 9.90 Å². The van der Waals surface area contributed by atoms with Crippen molar-refractivity contribution in [3.8, 4) is 0 Å². The highest BCUT2D eigenvalue weighted by molar-refractivity contribution is 9.10. The summed E-state index contributed by atoms with van der Waals surface area (Å²) >= 11 is 9.78. The van der Waals surface area contributed by atoms with Gasteiger partial charge in [-0.05, 0) is 42.2 Å². The number of nitrogens with zero attached hydrogens (tertiary/aromatic N) is 1. The first kappa shape index (κ1) is 16.5. The molecule has 1 N–H and O–H groups in total. The molecule has 1 fully saturated rings. The molecule has 0 bridgehead atoms. The van der Waals surface area contributed by atoms with Gasteiger partial charge in [-0.2, -0.15) is 0 Å². The van der Waals surface area contributed by atoms with Crippen LogP contribution in [0, 0.1) is 0 Å². The Morgan fingerprint density at radius 3 is 2.74 bits per heavy atom. The van der Waals surface area contributed by atoms with Crippen LogP contribution in [0.2, 0.25) is 5.02 Å². The van der Waals surface area contributed by atoms with Crippen molar-refractivity contribution in [1.29, 1.82) is 0 Å². The van der Waals surface area contributed by atoms with Gasteiger partial charge in [-0.25, -0.2) is 0 Å². The zero-order valence-electron chi connectivity index (χ0n) is 12.5. The molecule has 1 heterocycles. The van der Waals surface area contributed by atoms with Crippen LogP contribution in [0.3, 0.4) is 0 Å². The standard InChI is InChI=1S/C18H17BrClNO2/c19-15-8-2-1-7-14(15)17(12-5-3-6-13(20)11-12)21-10-4-9-16(21)18(22)23/h1-3,5-8,11,16-17H,4,9-10H2,(H,22,23). The Kier molecular flexibility index (Phi) is 5.05. The van der Waals surface area contributed by atoms with E-state index in [1.165, 1.54) is 0 Å². The Labute approximate surface area is 149 Å². The van der Waals surface area contributed by atoms with E-state index in [4.69, 9.17) is 11.6 Å². The lowest BCUT2D eigenvalue weighted by Crippen LogP contribution is -2.39. The highest BCUT2D eigenvalue weighted by Crippen LogP contribution is 2.38. The van der Waals surface area contributed by atoms with Gasteiger partial charge in [0.15, 0.2) is 0 Å². The fourth-order valence-electron chi connectivity index (χ4n) is 3.29. The lowest BCUT2D eigenvalue weighted by molar-refractivity contribution is -0.142. The van der Waals surface area contributed by atoms with E-state index in [1.807, 2.05) is 48.5 Å². The molecule has 0 aromatic heterocycles. The summed E-state index contributed by atoms with van der Waals surface area (Å²) in [7, 11) is 0. The number of likely N-dealkylation sites (tertiary alicyclic amines) is 1. The minimum atomic E-state index is -0.762. The van der Waals surface area contributed by atoms with Crippen molar-refractivity contribution < 1.29 is 9.90 Å². The van der Waals surface area contributed by atoms with Crippen molar-refractivity contribution >= 4 is 33.5 Å². The summed E-state index contributed by atoms with van der Waals surface area (Å²) in [5, 5.41) is 10.2. The molecule has 23 heavy (non-hydrogen) atoms. The number of aliphatic carboxylic acids is 1. The topological polar surface area (TPSA) is 40.5 Å². The van der Waals surface area contributed by atoms with Gasteiger partial charge in [-0.15, -0.1) is 0 Å². The monoisotopic (exact) mass is 393 g/mol. The molecule has 0 radical (unpaired) electrons. The van der Waals surface area contributed by atoms with Crippen LogP contribution in [0.1, 0.15) is 30.0 Å². The van der Waals surface area contributed by atoms with E-state index in [-0.39, 0.29) is 6.04 Å². The van der Waals surface area contributed by atoms with Crippen molar-refractivity contribution in [3.05, 3.63) is 69.2 Å². The predicted molar refractivity (Wildman–Crippen MR) is 94.8 cm³/mol. The number of halogens is 2. The minimum Gasteiger partial charge on any atom is -0.480 e. The van der Waals surface area contributed by atoms with E-state index >= 15 is 0 Å². The second kappa shape index (κ2) is 7.04. The van der Waals surface area contributed by atoms with Gasteiger partial charge in [-0.1, -0.05) is 57.9 Å². The number of carbonyl (C=O) groups is 1. The highest BCUT2D eigenvalue weighted by atomic mass is 79.9. The third-order valence-corrected chi connectivity index (χ3v) is 5.23. The minimum absolute atomic E-state index is 0.132. The van der Waals surface area contributed by atoms with Gasteiger partial charge in [0, 0.05) is 16.0 Å². The van der Waals surface area contributed by atoms with Gasteiger partial charge < -0.3 is 5.11 Å². The first-order chi connectivity index (χ1) is 11.1. The zero-order chi connectivity index (χ0) is 16.4. The molecule has 1 saturated heterocycles. The van der Waals surface area contributed by atoms with E-state index < -0.39 is 12.0 Å². The van der Waals surface area contributed by atoms with Crippen molar-refractivity contribution in [2.24, 2.45) is 0 Å². The maximum atomic E-state index is 11.7. The number of hydrogen-bond donors (Lipinski definition) is 1. The molecular weight excluding hydrogens is 378 g/mol. The zero-order valence-corrected chi connectivity index (χ0v) is 14.8. The van der Waals surface area contributed by atoms with E-state index in [1.54, 1.807) is 0 Å². The Morgan fingerprint density at radius 1 is 1.26 bits per heavy atom. The average Bonchev–Trinajstić information content (AvgIpc) is 2.99. The van der Waals surface area contributed by atoms with Crippen LogP contribution in [0.4, 0.5) is 0 Å². The molecule has 2 aromatic rings. The lowest BCUT2D eigenvalue weighted by Gasteiger charge is -2.32. The van der Waals surface area contributed by atoms with Crippen molar-refractivity contribution in [3.63, 3.8) is 0 Å². The van der Waals surface area contributed by atoms with Gasteiger partial charge in [0.25, 0.3) is 0 Å². The number of carboxylic acids is 1. The molecular formula is C18H17BrClNO2. The van der Waals surface area contributed by atoms with E-state index in [2.05, 4.69) is 20.8 Å². The summed E-state index contributed by atoms with van der Waals surface area (Å²) in [4.78, 5) is 13.7. The number of carboxylic acid groups (broad SMARTS) is 1. The van der Waals surface area contributed by atoms with Gasteiger partial charge >= 0.3 is 5.97 Å². The second-order valence-corrected chi connectivity index (χ2v) is 7.00. The fourth-order valence-corrected chi connectivity index (χ4v) is 3.99. The summed E-state index contributed by atoms with van der Waals surface area (Å²) in [5.74, 6) is -0.762. The molecule has 1 aliphatic rings. The van der Waals surface area contributed by atoms with E-state index in [0.717, 1.165) is 28.6 Å². The Hall–Kier alpha value is -1.36. The molecule has 3 nitrogen and oxygen atoms in total. The van der Waals surface area contributed by atoms with Crippen LogP contribution in [-0.2, 0) is 4.79 Å². The van der Waals surface area contributed by atoms with Gasteiger partial charge in [-0.3, -0.25) is 9.69 Å². The summed E-state index contributed by atoms with van der Waals surface area (Å²) in [6.07, 6.45) is 1.56. The normalized spacial score (nSPS) is 19.7. The maximum absolute atomic E-state index is 11.7. The van der Waals surface area contributed by atoms with Gasteiger partial charge in [0.05, 0.1) is 6.04 Å². The SMILES string of the molecule is O=C(O)C1CCCN1C(c1cccc(Cl)c1)c1ccccc1Br.